The van der Waals surface area contributed by atoms with Gasteiger partial charge in [-0.3, -0.25) is 4.79 Å². The number of thiazole rings is 1. The number of rotatable bonds is 5. The number of methoxy groups -OCH3 is 1. The maximum Gasteiger partial charge on any atom is 0.265 e. The normalized spacial score (nSPS) is 19.0. The van der Waals surface area contributed by atoms with Crippen LogP contribution in [0, 0.1) is 0 Å². The number of carbonyl (C=O) groups is 1. The number of ether oxygens (including phenoxy) is 1. The van der Waals surface area contributed by atoms with Crippen LogP contribution in [0.15, 0.2) is 11.8 Å². The summed E-state index contributed by atoms with van der Waals surface area (Å²) in [5.74, 6) is 1.58. The molecule has 0 aromatic carbocycles. The Morgan fingerprint density at radius 3 is 2.83 bits per heavy atom. The monoisotopic (exact) mass is 347 g/mol. The van der Waals surface area contributed by atoms with Crippen molar-refractivity contribution < 1.29 is 9.53 Å². The van der Waals surface area contributed by atoms with E-state index in [0.29, 0.717) is 23.4 Å². The van der Waals surface area contributed by atoms with Crippen LogP contribution in [0.25, 0.3) is 0 Å². The largest absolute Gasteiger partial charge is 0.378 e. The Balaban J connectivity index is 1.41. The molecule has 7 nitrogen and oxygen atoms in total. The van der Waals surface area contributed by atoms with Crippen LogP contribution in [0.1, 0.15) is 58.8 Å². The van der Waals surface area contributed by atoms with Crippen molar-refractivity contribution in [2.45, 2.75) is 44.2 Å². The molecule has 8 heteroatoms. The second kappa shape index (κ2) is 6.60. The summed E-state index contributed by atoms with van der Waals surface area (Å²) in [6, 6.07) is 0.600. The molecule has 0 unspecified atom stereocenters. The zero-order valence-electron chi connectivity index (χ0n) is 13.7. The third-order valence-corrected chi connectivity index (χ3v) is 5.66. The van der Waals surface area contributed by atoms with Crippen molar-refractivity contribution in [1.82, 2.24) is 24.6 Å². The third kappa shape index (κ3) is 2.95. The molecular weight excluding hydrogens is 326 g/mol. The van der Waals surface area contributed by atoms with Gasteiger partial charge in [-0.05, 0) is 25.7 Å². The van der Waals surface area contributed by atoms with E-state index in [-0.39, 0.29) is 5.91 Å². The van der Waals surface area contributed by atoms with E-state index >= 15 is 0 Å². The fourth-order valence-corrected chi connectivity index (χ4v) is 4.11. The molecule has 0 radical (unpaired) electrons. The standard InChI is InChI=1S/C16H21N5O2S/c1-23-8-13-14(24-10-17-13)16(22)20-6-4-11(5-7-20)15-19-18-9-21(15)12-2-3-12/h9-12H,2-8H2,1H3. The number of nitrogens with zero attached hydrogens (tertiary/aromatic N) is 5. The number of carbonyl (C=O) groups excluding carboxylic acids is 1. The van der Waals surface area contributed by atoms with Gasteiger partial charge in [-0.1, -0.05) is 0 Å². The Bertz CT molecular complexity index is 716. The van der Waals surface area contributed by atoms with Crippen LogP contribution in [-0.2, 0) is 11.3 Å². The number of hydrogen-bond donors (Lipinski definition) is 0. The Morgan fingerprint density at radius 1 is 1.33 bits per heavy atom. The summed E-state index contributed by atoms with van der Waals surface area (Å²) in [6.45, 7) is 1.89. The highest BCUT2D eigenvalue weighted by molar-refractivity contribution is 7.11. The summed E-state index contributed by atoms with van der Waals surface area (Å²) in [4.78, 5) is 19.6. The first-order valence-corrected chi connectivity index (χ1v) is 9.26. The van der Waals surface area contributed by atoms with Gasteiger partial charge in [0.25, 0.3) is 5.91 Å². The molecule has 1 amide bonds. The molecule has 4 rings (SSSR count). The predicted molar refractivity (Wildman–Crippen MR) is 89.0 cm³/mol. The number of hydrogen-bond acceptors (Lipinski definition) is 6. The molecule has 0 bridgehead atoms. The van der Waals surface area contributed by atoms with Crippen molar-refractivity contribution in [3.63, 3.8) is 0 Å². The Labute approximate surface area is 144 Å². The van der Waals surface area contributed by atoms with Crippen LogP contribution in [0.2, 0.25) is 0 Å². The van der Waals surface area contributed by atoms with Gasteiger partial charge in [0.05, 0.1) is 17.8 Å². The first-order chi connectivity index (χ1) is 11.8. The quantitative estimate of drug-likeness (QED) is 0.829. The van der Waals surface area contributed by atoms with Gasteiger partial charge >= 0.3 is 0 Å². The van der Waals surface area contributed by atoms with E-state index in [1.807, 2.05) is 11.2 Å². The Morgan fingerprint density at radius 2 is 2.12 bits per heavy atom. The van der Waals surface area contributed by atoms with Crippen LogP contribution in [-0.4, -0.2) is 50.8 Å². The molecule has 0 N–H and O–H groups in total. The fraction of sp³-hybridized carbons (Fsp3) is 0.625. The molecule has 128 valence electrons. The van der Waals surface area contributed by atoms with Gasteiger partial charge < -0.3 is 14.2 Å². The lowest BCUT2D eigenvalue weighted by Gasteiger charge is -2.31. The van der Waals surface area contributed by atoms with E-state index < -0.39 is 0 Å². The fourth-order valence-electron chi connectivity index (χ4n) is 3.34. The van der Waals surface area contributed by atoms with E-state index in [9.17, 15) is 4.79 Å². The number of piperidine rings is 1. The average Bonchev–Trinajstić information content (AvgIpc) is 3.15. The molecule has 2 aromatic heterocycles. The number of amides is 1. The molecule has 2 aliphatic rings. The molecule has 1 saturated carbocycles. The van der Waals surface area contributed by atoms with E-state index in [1.54, 1.807) is 12.6 Å². The lowest BCUT2D eigenvalue weighted by atomic mass is 9.95. The SMILES string of the molecule is COCc1ncsc1C(=O)N1CCC(c2nncn2C2CC2)CC1. The van der Waals surface area contributed by atoms with E-state index in [0.717, 1.165) is 37.4 Å². The molecular formula is C16H21N5O2S. The Hall–Kier alpha value is -1.80. The van der Waals surface area contributed by atoms with Crippen LogP contribution in [0.3, 0.4) is 0 Å². The summed E-state index contributed by atoms with van der Waals surface area (Å²) >= 11 is 1.40. The molecule has 0 atom stereocenters. The number of likely N-dealkylation sites (tertiary alicyclic amines) is 1. The zero-order valence-corrected chi connectivity index (χ0v) is 14.5. The van der Waals surface area contributed by atoms with Crippen LogP contribution < -0.4 is 0 Å². The first-order valence-electron chi connectivity index (χ1n) is 8.38. The minimum absolute atomic E-state index is 0.0756. The molecule has 2 aromatic rings. The molecule has 1 aliphatic carbocycles. The molecule has 0 spiro atoms. The lowest BCUT2D eigenvalue weighted by Crippen LogP contribution is -2.38. The minimum Gasteiger partial charge on any atom is -0.378 e. The smallest absolute Gasteiger partial charge is 0.265 e. The predicted octanol–water partition coefficient (Wildman–Crippen LogP) is 2.24. The van der Waals surface area contributed by atoms with Gasteiger partial charge in [-0.2, -0.15) is 0 Å². The molecule has 2 fully saturated rings. The lowest BCUT2D eigenvalue weighted by molar-refractivity contribution is 0.0710. The maximum atomic E-state index is 12.7. The zero-order chi connectivity index (χ0) is 16.5. The van der Waals surface area contributed by atoms with Crippen molar-refractivity contribution >= 4 is 17.2 Å². The van der Waals surface area contributed by atoms with Gasteiger partial charge in [-0.25, -0.2) is 4.98 Å². The Kier molecular flexibility index (Phi) is 4.32. The second-order valence-corrected chi connectivity index (χ2v) is 7.31. The van der Waals surface area contributed by atoms with Gasteiger partial charge in [0.1, 0.15) is 17.0 Å². The van der Waals surface area contributed by atoms with Crippen molar-refractivity contribution in [3.05, 3.63) is 28.2 Å². The van der Waals surface area contributed by atoms with Gasteiger partial charge in [0.2, 0.25) is 0 Å². The average molecular weight is 347 g/mol. The van der Waals surface area contributed by atoms with Crippen molar-refractivity contribution in [1.29, 1.82) is 0 Å². The summed E-state index contributed by atoms with van der Waals surface area (Å²) in [5.41, 5.74) is 2.45. The van der Waals surface area contributed by atoms with Crippen LogP contribution >= 0.6 is 11.3 Å². The van der Waals surface area contributed by atoms with Crippen LogP contribution in [0.5, 0.6) is 0 Å². The maximum absolute atomic E-state index is 12.7. The van der Waals surface area contributed by atoms with Gasteiger partial charge in [0.15, 0.2) is 0 Å². The number of aromatic nitrogens is 4. The van der Waals surface area contributed by atoms with Crippen molar-refractivity contribution in [2.75, 3.05) is 20.2 Å². The highest BCUT2D eigenvalue weighted by atomic mass is 32.1. The third-order valence-electron chi connectivity index (χ3n) is 4.80. The molecule has 1 aliphatic heterocycles. The minimum atomic E-state index is 0.0756. The summed E-state index contributed by atoms with van der Waals surface area (Å²) in [6.07, 6.45) is 6.20. The highest BCUT2D eigenvalue weighted by Gasteiger charge is 2.32. The second-order valence-electron chi connectivity index (χ2n) is 6.46. The van der Waals surface area contributed by atoms with E-state index in [2.05, 4.69) is 19.7 Å². The summed E-state index contributed by atoms with van der Waals surface area (Å²) < 4.78 is 7.37. The molecule has 24 heavy (non-hydrogen) atoms. The molecule has 1 saturated heterocycles. The van der Waals surface area contributed by atoms with Crippen LogP contribution in [0.4, 0.5) is 0 Å². The summed E-state index contributed by atoms with van der Waals surface area (Å²) in [7, 11) is 1.62. The van der Waals surface area contributed by atoms with Crippen molar-refractivity contribution in [3.8, 4) is 0 Å². The summed E-state index contributed by atoms with van der Waals surface area (Å²) in [5, 5.41) is 8.44. The van der Waals surface area contributed by atoms with E-state index in [4.69, 9.17) is 4.74 Å². The molecule has 3 heterocycles. The first kappa shape index (κ1) is 15.7. The van der Waals surface area contributed by atoms with Crippen molar-refractivity contribution in [2.24, 2.45) is 0 Å². The van der Waals surface area contributed by atoms with E-state index in [1.165, 1.54) is 24.2 Å². The topological polar surface area (TPSA) is 73.1 Å². The van der Waals surface area contributed by atoms with Gasteiger partial charge in [-0.15, -0.1) is 21.5 Å². The van der Waals surface area contributed by atoms with Gasteiger partial charge in [0, 0.05) is 32.2 Å². The highest BCUT2D eigenvalue weighted by Crippen LogP contribution is 2.38.